The van der Waals surface area contributed by atoms with E-state index < -0.39 is 6.04 Å². The molecule has 34 heavy (non-hydrogen) atoms. The second-order valence-electron chi connectivity index (χ2n) is 7.98. The van der Waals surface area contributed by atoms with Crippen molar-refractivity contribution in [1.82, 2.24) is 5.32 Å². The predicted octanol–water partition coefficient (Wildman–Crippen LogP) is 5.36. The van der Waals surface area contributed by atoms with Crippen molar-refractivity contribution in [2.24, 2.45) is 0 Å². The Kier molecular flexibility index (Phi) is 6.84. The predicted molar refractivity (Wildman–Crippen MR) is 139 cm³/mol. The molecule has 3 aromatic carbocycles. The first-order valence-corrected chi connectivity index (χ1v) is 11.3. The normalized spacial score (nSPS) is 15.6. The van der Waals surface area contributed by atoms with Gasteiger partial charge in [-0.05, 0) is 68.0 Å². The number of rotatable bonds is 6. The maximum absolute atomic E-state index is 13.7. The molecular weight excluding hydrogens is 446 g/mol. The number of benzene rings is 3. The van der Waals surface area contributed by atoms with E-state index in [0.29, 0.717) is 22.1 Å². The third-order valence-electron chi connectivity index (χ3n) is 5.83. The molecule has 1 aliphatic heterocycles. The average molecular weight is 474 g/mol. The summed E-state index contributed by atoms with van der Waals surface area (Å²) >= 11 is 5.76. The molecule has 1 amide bonds. The van der Waals surface area contributed by atoms with Gasteiger partial charge in [0.25, 0.3) is 5.91 Å². The van der Waals surface area contributed by atoms with Gasteiger partial charge in [-0.1, -0.05) is 42.0 Å². The van der Waals surface area contributed by atoms with E-state index in [2.05, 4.69) is 10.6 Å². The summed E-state index contributed by atoms with van der Waals surface area (Å²) in [5.41, 5.74) is 4.84. The molecule has 1 aliphatic rings. The van der Waals surface area contributed by atoms with Gasteiger partial charge in [-0.2, -0.15) is 0 Å². The number of aryl methyl sites for hydroxylation is 1. The Hall–Kier alpha value is -3.84. The minimum Gasteiger partial charge on any atom is -0.497 e. The maximum atomic E-state index is 13.7. The highest BCUT2D eigenvalue weighted by atomic mass is 32.1. The number of amides is 1. The summed E-state index contributed by atoms with van der Waals surface area (Å²) in [6.45, 7) is 3.94. The van der Waals surface area contributed by atoms with E-state index in [1.807, 2.05) is 91.5 Å². The maximum Gasteiger partial charge on any atom is 0.255 e. The summed E-state index contributed by atoms with van der Waals surface area (Å²) in [5.74, 6) is 1.10. The number of hydrogen-bond acceptors (Lipinski definition) is 4. The molecular formula is C27H27N3O3S. The van der Waals surface area contributed by atoms with Crippen molar-refractivity contribution >= 4 is 34.6 Å². The molecule has 0 aromatic heterocycles. The van der Waals surface area contributed by atoms with Crippen LogP contribution >= 0.6 is 12.2 Å². The van der Waals surface area contributed by atoms with E-state index in [9.17, 15) is 4.79 Å². The van der Waals surface area contributed by atoms with Crippen LogP contribution in [0.4, 0.5) is 11.4 Å². The Morgan fingerprint density at radius 3 is 2.26 bits per heavy atom. The Balaban J connectivity index is 1.80. The summed E-state index contributed by atoms with van der Waals surface area (Å²) in [7, 11) is 3.20. The lowest BCUT2D eigenvalue weighted by molar-refractivity contribution is -0.113. The van der Waals surface area contributed by atoms with E-state index >= 15 is 0 Å². The third kappa shape index (κ3) is 4.61. The lowest BCUT2D eigenvalue weighted by atomic mass is 9.93. The minimum atomic E-state index is -0.405. The van der Waals surface area contributed by atoms with Crippen molar-refractivity contribution in [3.05, 3.63) is 95.2 Å². The number of para-hydroxylation sites is 2. The molecule has 0 fully saturated rings. The monoisotopic (exact) mass is 473 g/mol. The summed E-state index contributed by atoms with van der Waals surface area (Å²) in [4.78, 5) is 15.6. The largest absolute Gasteiger partial charge is 0.497 e. The molecule has 2 N–H and O–H groups in total. The molecule has 1 atom stereocenters. The van der Waals surface area contributed by atoms with Crippen molar-refractivity contribution < 1.29 is 14.3 Å². The molecule has 1 heterocycles. The van der Waals surface area contributed by atoms with Crippen LogP contribution in [0.1, 0.15) is 24.1 Å². The van der Waals surface area contributed by atoms with Gasteiger partial charge in [0.15, 0.2) is 5.11 Å². The summed E-state index contributed by atoms with van der Waals surface area (Å²) in [6, 6.07) is 22.6. The van der Waals surface area contributed by atoms with Crippen molar-refractivity contribution in [2.75, 3.05) is 24.4 Å². The number of nitrogens with zero attached hydrogens (tertiary/aromatic N) is 1. The number of anilines is 2. The summed E-state index contributed by atoms with van der Waals surface area (Å²) in [5, 5.41) is 6.92. The zero-order chi connectivity index (χ0) is 24.2. The second kappa shape index (κ2) is 9.97. The number of nitrogens with one attached hydrogen (secondary N) is 2. The van der Waals surface area contributed by atoms with Gasteiger partial charge in [0.2, 0.25) is 0 Å². The van der Waals surface area contributed by atoms with Gasteiger partial charge in [-0.25, -0.2) is 0 Å². The number of thiocarbonyl (C=S) groups is 1. The Labute approximate surface area is 205 Å². The standard InChI is InChI=1S/C27H27N3O3S/c1-17-9-11-19(12-10-17)25-24(26(31)28-22-7-5-6-8-23(22)33-4)18(2)30(27(34)29-25)20-13-15-21(32-3)16-14-20/h5-16,25H,1-4H3,(H,28,31)(H,29,34). The number of ether oxygens (including phenoxy) is 2. The summed E-state index contributed by atoms with van der Waals surface area (Å²) < 4.78 is 10.7. The van der Waals surface area contributed by atoms with Crippen LogP contribution in [0.2, 0.25) is 0 Å². The zero-order valence-corrected chi connectivity index (χ0v) is 20.4. The average Bonchev–Trinajstić information content (AvgIpc) is 2.85. The first kappa shape index (κ1) is 23.3. The topological polar surface area (TPSA) is 62.8 Å². The SMILES string of the molecule is COc1ccc(N2C(=S)NC(c3ccc(C)cc3)C(C(=O)Nc3ccccc3OC)=C2C)cc1. The molecule has 0 spiro atoms. The van der Waals surface area contributed by atoms with Crippen molar-refractivity contribution in [3.63, 3.8) is 0 Å². The van der Waals surface area contributed by atoms with E-state index in [0.717, 1.165) is 28.3 Å². The smallest absolute Gasteiger partial charge is 0.255 e. The fourth-order valence-corrected chi connectivity index (χ4v) is 4.39. The molecule has 7 heteroatoms. The van der Waals surface area contributed by atoms with Crippen molar-refractivity contribution in [3.8, 4) is 11.5 Å². The lowest BCUT2D eigenvalue weighted by Gasteiger charge is -2.38. The first-order valence-electron chi connectivity index (χ1n) is 10.9. The van der Waals surface area contributed by atoms with Gasteiger partial charge in [0.05, 0.1) is 31.5 Å². The van der Waals surface area contributed by atoms with Crippen LogP contribution in [0.3, 0.4) is 0 Å². The second-order valence-corrected chi connectivity index (χ2v) is 8.37. The van der Waals surface area contributed by atoms with Gasteiger partial charge in [0, 0.05) is 11.4 Å². The number of methoxy groups -OCH3 is 2. The highest BCUT2D eigenvalue weighted by Gasteiger charge is 2.34. The molecule has 4 rings (SSSR count). The molecule has 174 valence electrons. The van der Waals surface area contributed by atoms with E-state index in [1.165, 1.54) is 0 Å². The molecule has 0 saturated heterocycles. The lowest BCUT2D eigenvalue weighted by Crippen LogP contribution is -2.48. The van der Waals surface area contributed by atoms with Crippen LogP contribution < -0.4 is 25.0 Å². The van der Waals surface area contributed by atoms with E-state index in [4.69, 9.17) is 21.7 Å². The molecule has 0 aliphatic carbocycles. The number of allylic oxidation sites excluding steroid dienone is 1. The van der Waals surface area contributed by atoms with Crippen LogP contribution in [-0.2, 0) is 4.79 Å². The third-order valence-corrected chi connectivity index (χ3v) is 6.13. The van der Waals surface area contributed by atoms with Crippen LogP contribution in [-0.4, -0.2) is 25.2 Å². The van der Waals surface area contributed by atoms with Gasteiger partial charge in [-0.3, -0.25) is 9.69 Å². The Morgan fingerprint density at radius 1 is 0.941 bits per heavy atom. The molecule has 0 bridgehead atoms. The van der Waals surface area contributed by atoms with Gasteiger partial charge < -0.3 is 20.1 Å². The van der Waals surface area contributed by atoms with Gasteiger partial charge in [-0.15, -0.1) is 0 Å². The van der Waals surface area contributed by atoms with E-state index in [-0.39, 0.29) is 5.91 Å². The van der Waals surface area contributed by atoms with Crippen molar-refractivity contribution in [1.29, 1.82) is 0 Å². The number of carbonyl (C=O) groups excluding carboxylic acids is 1. The Morgan fingerprint density at radius 2 is 1.62 bits per heavy atom. The van der Waals surface area contributed by atoms with Gasteiger partial charge >= 0.3 is 0 Å². The van der Waals surface area contributed by atoms with Crippen LogP contribution in [0.25, 0.3) is 0 Å². The van der Waals surface area contributed by atoms with Crippen LogP contribution in [0.5, 0.6) is 11.5 Å². The fourth-order valence-electron chi connectivity index (χ4n) is 4.03. The number of hydrogen-bond donors (Lipinski definition) is 2. The first-order chi connectivity index (χ1) is 16.4. The zero-order valence-electron chi connectivity index (χ0n) is 19.6. The quantitative estimate of drug-likeness (QED) is 0.470. The molecule has 1 unspecified atom stereocenters. The highest BCUT2D eigenvalue weighted by molar-refractivity contribution is 7.80. The van der Waals surface area contributed by atoms with Crippen LogP contribution in [0, 0.1) is 6.92 Å². The fraction of sp³-hybridized carbons (Fsp3) is 0.185. The molecule has 0 saturated carbocycles. The molecule has 3 aromatic rings. The van der Waals surface area contributed by atoms with E-state index in [1.54, 1.807) is 14.2 Å². The Bertz CT molecular complexity index is 1240. The van der Waals surface area contributed by atoms with Crippen molar-refractivity contribution in [2.45, 2.75) is 19.9 Å². The number of carbonyl (C=O) groups is 1. The summed E-state index contributed by atoms with van der Waals surface area (Å²) in [6.07, 6.45) is 0. The van der Waals surface area contributed by atoms with Crippen LogP contribution in [0.15, 0.2) is 84.1 Å². The molecule has 6 nitrogen and oxygen atoms in total. The molecule has 0 radical (unpaired) electrons. The highest BCUT2D eigenvalue weighted by Crippen LogP contribution is 2.35. The van der Waals surface area contributed by atoms with Gasteiger partial charge in [0.1, 0.15) is 11.5 Å². The minimum absolute atomic E-state index is 0.235.